The summed E-state index contributed by atoms with van der Waals surface area (Å²) in [6, 6.07) is 15.8. The first kappa shape index (κ1) is 51.8. The van der Waals surface area contributed by atoms with Crippen molar-refractivity contribution < 1.29 is 61.0 Å². The summed E-state index contributed by atoms with van der Waals surface area (Å²) in [7, 11) is 0. The number of carbonyl (C=O) groups is 2. The van der Waals surface area contributed by atoms with Crippen molar-refractivity contribution in [3.8, 4) is 0 Å². The van der Waals surface area contributed by atoms with Crippen LogP contribution in [0, 0.1) is 0 Å². The number of anilines is 2. The molecular weight excluding hydrogens is 869 g/mol. The first-order chi connectivity index (χ1) is 30.7. The number of aliphatic hydroxyl groups is 1. The van der Waals surface area contributed by atoms with Crippen LogP contribution in [-0.2, 0) is 45.1 Å². The van der Waals surface area contributed by atoms with Crippen LogP contribution >= 0.6 is 23.4 Å². The lowest BCUT2D eigenvalue weighted by Gasteiger charge is -2.29. The van der Waals surface area contributed by atoms with Gasteiger partial charge in [0.15, 0.2) is 0 Å². The van der Waals surface area contributed by atoms with Crippen molar-refractivity contribution in [3.05, 3.63) is 93.5 Å². The highest BCUT2D eigenvalue weighted by Gasteiger charge is 2.33. The minimum atomic E-state index is -4.65. The summed E-state index contributed by atoms with van der Waals surface area (Å²) >= 11 is 7.40. The van der Waals surface area contributed by atoms with Gasteiger partial charge < -0.3 is 48.5 Å². The van der Waals surface area contributed by atoms with Gasteiger partial charge in [-0.3, -0.25) is 9.59 Å². The number of hydrogen-bond donors (Lipinski definition) is 3. The molecule has 3 aromatic rings. The second-order valence-corrected chi connectivity index (χ2v) is 15.4. The van der Waals surface area contributed by atoms with E-state index in [-0.39, 0.29) is 23.4 Å². The zero-order valence-corrected chi connectivity index (χ0v) is 36.9. The summed E-state index contributed by atoms with van der Waals surface area (Å²) in [4.78, 5) is 29.1. The maximum Gasteiger partial charge on any atom is 0.417 e. The number of amides is 2. The minimum absolute atomic E-state index is 0.00395. The summed E-state index contributed by atoms with van der Waals surface area (Å²) in [5.74, 6) is 0.339. The van der Waals surface area contributed by atoms with Crippen molar-refractivity contribution in [2.24, 2.45) is 5.10 Å². The van der Waals surface area contributed by atoms with Crippen molar-refractivity contribution in [1.82, 2.24) is 5.43 Å². The second-order valence-electron chi connectivity index (χ2n) is 13.9. The lowest BCUT2D eigenvalue weighted by atomic mass is 10.1. The monoisotopic (exact) mass is 926 g/mol. The van der Waals surface area contributed by atoms with Crippen molar-refractivity contribution >= 4 is 52.8 Å². The molecule has 0 bridgehead atoms. The van der Waals surface area contributed by atoms with E-state index in [2.05, 4.69) is 20.7 Å². The number of nitrogens with one attached hydrogen (secondary N) is 2. The second kappa shape index (κ2) is 30.3. The van der Waals surface area contributed by atoms with Gasteiger partial charge in [-0.05, 0) is 72.9 Å². The highest BCUT2D eigenvalue weighted by molar-refractivity contribution is 7.98. The average molecular weight is 927 g/mol. The van der Waals surface area contributed by atoms with Gasteiger partial charge >= 0.3 is 6.18 Å². The molecule has 2 amide bonds. The Labute approximate surface area is 376 Å². The van der Waals surface area contributed by atoms with E-state index in [9.17, 15) is 22.8 Å². The quantitative estimate of drug-likeness (QED) is 0.0357. The van der Waals surface area contributed by atoms with E-state index in [1.165, 1.54) is 6.07 Å². The van der Waals surface area contributed by atoms with Crippen molar-refractivity contribution in [3.63, 3.8) is 0 Å². The Bertz CT molecular complexity index is 1820. The smallest absolute Gasteiger partial charge is 0.394 e. The van der Waals surface area contributed by atoms with Crippen LogP contribution in [0.25, 0.3) is 0 Å². The van der Waals surface area contributed by atoms with E-state index in [0.717, 1.165) is 67.7 Å². The molecule has 1 aliphatic rings. The summed E-state index contributed by atoms with van der Waals surface area (Å²) in [5, 5.41) is 14.9. The van der Waals surface area contributed by atoms with Crippen LogP contribution in [0.4, 0.5) is 24.5 Å². The van der Waals surface area contributed by atoms with Gasteiger partial charge in [0.1, 0.15) is 0 Å². The molecule has 0 radical (unpaired) electrons. The highest BCUT2D eigenvalue weighted by Crippen LogP contribution is 2.35. The molecule has 3 aromatic carbocycles. The fourth-order valence-corrected chi connectivity index (χ4v) is 7.05. The third-order valence-electron chi connectivity index (χ3n) is 9.19. The third-order valence-corrected chi connectivity index (χ3v) is 10.5. The van der Waals surface area contributed by atoms with Gasteiger partial charge in [0, 0.05) is 35.8 Å². The fraction of sp³-hybridized carbons (Fsp3) is 0.523. The number of carbonyl (C=O) groups excluding carboxylic acids is 2. The number of piperidine rings is 1. The first-order valence-electron chi connectivity index (χ1n) is 20.9. The molecule has 0 spiro atoms. The Morgan fingerprint density at radius 3 is 1.90 bits per heavy atom. The topological polar surface area (TPSA) is 159 Å². The zero-order valence-electron chi connectivity index (χ0n) is 35.3. The van der Waals surface area contributed by atoms with E-state index in [1.54, 1.807) is 42.1 Å². The summed E-state index contributed by atoms with van der Waals surface area (Å²) in [5.41, 5.74) is 4.04. The third kappa shape index (κ3) is 20.7. The molecule has 0 aliphatic carbocycles. The van der Waals surface area contributed by atoms with Crippen LogP contribution in [0.1, 0.15) is 56.7 Å². The van der Waals surface area contributed by atoms with E-state index in [1.807, 2.05) is 12.1 Å². The first-order valence-corrected chi connectivity index (χ1v) is 22.4. The predicted octanol–water partition coefficient (Wildman–Crippen LogP) is 6.71. The van der Waals surface area contributed by atoms with Gasteiger partial charge in [0.25, 0.3) is 11.8 Å². The Morgan fingerprint density at radius 2 is 1.32 bits per heavy atom. The lowest BCUT2D eigenvalue weighted by molar-refractivity contribution is -0.137. The number of benzene rings is 3. The molecule has 0 aromatic heterocycles. The molecule has 63 heavy (non-hydrogen) atoms. The maximum absolute atomic E-state index is 13.5. The number of ether oxygens (including phenoxy) is 7. The number of halogens is 4. The van der Waals surface area contributed by atoms with E-state index >= 15 is 0 Å². The molecule has 1 heterocycles. The molecule has 3 N–H and O–H groups in total. The standard InChI is InChI=1S/C44H58ClF3N4O10S/c45-40-9-7-34(30-39(40)44(46,47)48)32-49-51-43(55)38-31-37(52-11-2-1-3-12-52)8-10-41(38)50-42(54)36-6-4-5-35(29-36)33-63-28-27-62-26-25-61-24-23-60-22-21-59-20-19-58-18-17-57-16-15-56-14-13-53/h4-10,29-32,53H,1-3,11-28,33H2,(H,50,54)(H,51,55)/b49-32+. The minimum Gasteiger partial charge on any atom is -0.394 e. The van der Waals surface area contributed by atoms with Crippen LogP contribution in [0.3, 0.4) is 0 Å². The van der Waals surface area contributed by atoms with Crippen LogP contribution in [0.2, 0.25) is 5.02 Å². The van der Waals surface area contributed by atoms with Crippen LogP contribution in [0.5, 0.6) is 0 Å². The van der Waals surface area contributed by atoms with Crippen LogP contribution in [0.15, 0.2) is 65.8 Å². The molecular formula is C44H58ClF3N4O10S. The zero-order chi connectivity index (χ0) is 45.0. The maximum atomic E-state index is 13.5. The van der Waals surface area contributed by atoms with Gasteiger partial charge in [-0.15, -0.1) is 0 Å². The Hall–Kier alpha value is -3.82. The van der Waals surface area contributed by atoms with Crippen LogP contribution in [-0.4, -0.2) is 141 Å². The normalized spacial score (nSPS) is 13.2. The van der Waals surface area contributed by atoms with Crippen molar-refractivity contribution in [1.29, 1.82) is 0 Å². The van der Waals surface area contributed by atoms with E-state index in [4.69, 9.17) is 49.9 Å². The highest BCUT2D eigenvalue weighted by atomic mass is 35.5. The number of thioether (sulfide) groups is 1. The van der Waals surface area contributed by atoms with Gasteiger partial charge in [0.2, 0.25) is 0 Å². The number of nitrogens with zero attached hydrogens (tertiary/aromatic N) is 2. The van der Waals surface area contributed by atoms with Gasteiger partial charge in [-0.1, -0.05) is 29.8 Å². The number of alkyl halides is 3. The van der Waals surface area contributed by atoms with Gasteiger partial charge in [0.05, 0.1) is 127 Å². The fourth-order valence-electron chi connectivity index (χ4n) is 6.03. The number of aliphatic hydroxyl groups excluding tert-OH is 1. The van der Waals surface area contributed by atoms with E-state index < -0.39 is 28.6 Å². The molecule has 348 valence electrons. The molecule has 0 unspecified atom stereocenters. The van der Waals surface area contributed by atoms with Gasteiger partial charge in [-0.25, -0.2) is 5.43 Å². The number of rotatable bonds is 31. The molecule has 1 saturated heterocycles. The average Bonchev–Trinajstić information content (AvgIpc) is 3.28. The Balaban J connectivity index is 1.11. The molecule has 0 atom stereocenters. The molecule has 1 fully saturated rings. The molecule has 1 aliphatic heterocycles. The largest absolute Gasteiger partial charge is 0.417 e. The van der Waals surface area contributed by atoms with Crippen molar-refractivity contribution in [2.75, 3.05) is 128 Å². The molecule has 4 rings (SSSR count). The lowest BCUT2D eigenvalue weighted by Crippen LogP contribution is -2.30. The molecule has 14 nitrogen and oxygen atoms in total. The number of hydrazone groups is 1. The van der Waals surface area contributed by atoms with Crippen LogP contribution < -0.4 is 15.6 Å². The van der Waals surface area contributed by atoms with Gasteiger partial charge in [-0.2, -0.15) is 30.0 Å². The Morgan fingerprint density at radius 1 is 0.730 bits per heavy atom. The number of hydrogen-bond acceptors (Lipinski definition) is 13. The molecule has 19 heteroatoms. The molecule has 0 saturated carbocycles. The van der Waals surface area contributed by atoms with E-state index in [0.29, 0.717) is 104 Å². The SMILES string of the molecule is O=C(Nc1ccc(N2CCCCC2)cc1C(=O)N/N=C/c1ccc(Cl)c(C(F)(F)F)c1)c1cccc(CSCCOCCOCCOCCOCCOCCOCCOCCO)c1. The summed E-state index contributed by atoms with van der Waals surface area (Å²) in [6.07, 6.45) is -0.408. The predicted molar refractivity (Wildman–Crippen MR) is 237 cm³/mol. The summed E-state index contributed by atoms with van der Waals surface area (Å²) in [6.45, 7) is 8.03. The Kier molecular flexibility index (Phi) is 25.0. The van der Waals surface area contributed by atoms with Crippen molar-refractivity contribution in [2.45, 2.75) is 31.2 Å². The summed E-state index contributed by atoms with van der Waals surface area (Å²) < 4.78 is 78.1.